The minimum atomic E-state index is -0.325. The zero-order valence-electron chi connectivity index (χ0n) is 11.7. The third kappa shape index (κ3) is 5.71. The van der Waals surface area contributed by atoms with Crippen LogP contribution in [0.1, 0.15) is 47.5 Å². The van der Waals surface area contributed by atoms with Gasteiger partial charge in [-0.15, -0.1) is 0 Å². The van der Waals surface area contributed by atoms with E-state index in [9.17, 15) is 4.79 Å². The third-order valence-electron chi connectivity index (χ3n) is 3.31. The van der Waals surface area contributed by atoms with Gasteiger partial charge in [0.1, 0.15) is 5.84 Å². The van der Waals surface area contributed by atoms with Crippen LogP contribution < -0.4 is 11.1 Å². The second kappa shape index (κ2) is 7.30. The van der Waals surface area contributed by atoms with Gasteiger partial charge in [-0.1, -0.05) is 41.0 Å². The van der Waals surface area contributed by atoms with E-state index in [1.54, 1.807) is 0 Å². The Hall–Kier alpha value is -1.06. The first-order valence-electron chi connectivity index (χ1n) is 6.43. The van der Waals surface area contributed by atoms with Crippen LogP contribution in [0.4, 0.5) is 0 Å². The van der Waals surface area contributed by atoms with Gasteiger partial charge in [-0.3, -0.25) is 10.2 Å². The van der Waals surface area contributed by atoms with Gasteiger partial charge in [0.05, 0.1) is 6.04 Å². The monoisotopic (exact) mass is 241 g/mol. The number of hydrogen-bond acceptors (Lipinski definition) is 2. The van der Waals surface area contributed by atoms with E-state index in [1.165, 1.54) is 0 Å². The number of amidine groups is 1. The summed E-state index contributed by atoms with van der Waals surface area (Å²) in [5.74, 6) is 0.766. The van der Waals surface area contributed by atoms with Gasteiger partial charge in [0, 0.05) is 5.92 Å². The minimum absolute atomic E-state index is 0.000185. The van der Waals surface area contributed by atoms with Crippen LogP contribution in [-0.4, -0.2) is 17.8 Å². The van der Waals surface area contributed by atoms with Crippen molar-refractivity contribution in [1.82, 2.24) is 5.32 Å². The Morgan fingerprint density at radius 3 is 2.18 bits per heavy atom. The highest BCUT2D eigenvalue weighted by Gasteiger charge is 2.23. The fourth-order valence-electron chi connectivity index (χ4n) is 1.65. The molecule has 0 bridgehead atoms. The maximum absolute atomic E-state index is 12.0. The summed E-state index contributed by atoms with van der Waals surface area (Å²) >= 11 is 0. The first-order valence-corrected chi connectivity index (χ1v) is 6.43. The van der Waals surface area contributed by atoms with E-state index >= 15 is 0 Å². The molecule has 0 aromatic rings. The highest BCUT2D eigenvalue weighted by Crippen LogP contribution is 2.15. The maximum atomic E-state index is 12.0. The van der Waals surface area contributed by atoms with Crippen LogP contribution in [0, 0.1) is 23.2 Å². The number of nitrogens with two attached hydrogens (primary N) is 1. The molecule has 0 aromatic heterocycles. The van der Waals surface area contributed by atoms with Crippen molar-refractivity contribution >= 4 is 11.7 Å². The van der Waals surface area contributed by atoms with Gasteiger partial charge in [0.15, 0.2) is 0 Å². The summed E-state index contributed by atoms with van der Waals surface area (Å²) in [6.45, 7) is 10.2. The highest BCUT2D eigenvalue weighted by atomic mass is 16.1. The fraction of sp³-hybridized carbons (Fsp3) is 0.846. The zero-order valence-corrected chi connectivity index (χ0v) is 11.7. The molecule has 0 heterocycles. The number of amides is 1. The van der Waals surface area contributed by atoms with Gasteiger partial charge in [-0.05, 0) is 18.3 Å². The molecule has 4 nitrogen and oxygen atoms in total. The SMILES string of the molecule is CCC(C)[C@H](C)C(=O)N[C@@H](CC(C)C)C(=N)N. The van der Waals surface area contributed by atoms with Crippen LogP contribution >= 0.6 is 0 Å². The average molecular weight is 241 g/mol. The molecule has 0 aliphatic carbocycles. The fourth-order valence-corrected chi connectivity index (χ4v) is 1.65. The third-order valence-corrected chi connectivity index (χ3v) is 3.31. The molecule has 0 saturated carbocycles. The van der Waals surface area contributed by atoms with E-state index < -0.39 is 0 Å². The summed E-state index contributed by atoms with van der Waals surface area (Å²) < 4.78 is 0. The Labute approximate surface area is 105 Å². The molecular formula is C13H27N3O. The van der Waals surface area contributed by atoms with Crippen molar-refractivity contribution in [3.05, 3.63) is 0 Å². The predicted molar refractivity (Wildman–Crippen MR) is 71.9 cm³/mol. The van der Waals surface area contributed by atoms with Crippen molar-refractivity contribution in [3.63, 3.8) is 0 Å². The Morgan fingerprint density at radius 2 is 1.82 bits per heavy atom. The van der Waals surface area contributed by atoms with Gasteiger partial charge >= 0.3 is 0 Å². The second-order valence-corrected chi connectivity index (χ2v) is 5.32. The van der Waals surface area contributed by atoms with Gasteiger partial charge in [0.25, 0.3) is 0 Å². The Kier molecular flexibility index (Phi) is 6.85. The molecule has 0 rings (SSSR count). The summed E-state index contributed by atoms with van der Waals surface area (Å²) in [6, 6.07) is -0.325. The first-order chi connectivity index (χ1) is 7.79. The standard InChI is InChI=1S/C13H27N3O/c1-6-9(4)10(5)13(17)16-11(12(14)15)7-8(2)3/h8-11H,6-7H2,1-5H3,(H3,14,15)(H,16,17)/t9?,10-,11-/m0/s1. The predicted octanol–water partition coefficient (Wildman–Crippen LogP) is 2.14. The van der Waals surface area contributed by atoms with Gasteiger partial charge < -0.3 is 11.1 Å². The Bertz CT molecular complexity index is 263. The van der Waals surface area contributed by atoms with Crippen molar-refractivity contribution in [1.29, 1.82) is 5.41 Å². The van der Waals surface area contributed by atoms with E-state index in [0.717, 1.165) is 6.42 Å². The van der Waals surface area contributed by atoms with E-state index in [0.29, 0.717) is 18.3 Å². The van der Waals surface area contributed by atoms with Crippen LogP contribution in [0.3, 0.4) is 0 Å². The molecular weight excluding hydrogens is 214 g/mol. The molecule has 0 aliphatic heterocycles. The number of rotatable bonds is 7. The topological polar surface area (TPSA) is 79.0 Å². The van der Waals surface area contributed by atoms with Gasteiger partial charge in [-0.2, -0.15) is 0 Å². The molecule has 4 N–H and O–H groups in total. The number of hydrogen-bond donors (Lipinski definition) is 3. The largest absolute Gasteiger partial charge is 0.386 e. The van der Waals surface area contributed by atoms with Gasteiger partial charge in [-0.25, -0.2) is 0 Å². The summed E-state index contributed by atoms with van der Waals surface area (Å²) in [6.07, 6.45) is 1.69. The molecule has 100 valence electrons. The van der Waals surface area contributed by atoms with Gasteiger partial charge in [0.2, 0.25) is 5.91 Å². The Balaban J connectivity index is 4.45. The van der Waals surface area contributed by atoms with Crippen LogP contribution in [0.5, 0.6) is 0 Å². The van der Waals surface area contributed by atoms with Crippen molar-refractivity contribution in [2.75, 3.05) is 0 Å². The molecule has 3 atom stereocenters. The normalized spacial score (nSPS) is 16.4. The van der Waals surface area contributed by atoms with Crippen molar-refractivity contribution in [2.45, 2.75) is 53.5 Å². The minimum Gasteiger partial charge on any atom is -0.386 e. The summed E-state index contributed by atoms with van der Waals surface area (Å²) in [5.41, 5.74) is 5.51. The molecule has 0 saturated heterocycles. The molecule has 0 radical (unpaired) electrons. The van der Waals surface area contributed by atoms with Crippen molar-refractivity contribution in [3.8, 4) is 0 Å². The van der Waals surface area contributed by atoms with E-state index in [4.69, 9.17) is 11.1 Å². The van der Waals surface area contributed by atoms with Crippen molar-refractivity contribution < 1.29 is 4.79 Å². The molecule has 0 fully saturated rings. The van der Waals surface area contributed by atoms with E-state index in [-0.39, 0.29) is 23.7 Å². The Morgan fingerprint density at radius 1 is 1.29 bits per heavy atom. The molecule has 0 aromatic carbocycles. The highest BCUT2D eigenvalue weighted by molar-refractivity contribution is 5.89. The molecule has 0 aliphatic rings. The molecule has 17 heavy (non-hydrogen) atoms. The first kappa shape index (κ1) is 15.9. The van der Waals surface area contributed by atoms with E-state index in [1.807, 2.05) is 6.92 Å². The lowest BCUT2D eigenvalue weighted by molar-refractivity contribution is -0.126. The smallest absolute Gasteiger partial charge is 0.223 e. The van der Waals surface area contributed by atoms with E-state index in [2.05, 4.69) is 33.0 Å². The van der Waals surface area contributed by atoms with Crippen LogP contribution in [0.2, 0.25) is 0 Å². The van der Waals surface area contributed by atoms with Crippen LogP contribution in [0.25, 0.3) is 0 Å². The van der Waals surface area contributed by atoms with Crippen molar-refractivity contribution in [2.24, 2.45) is 23.5 Å². The summed E-state index contributed by atoms with van der Waals surface area (Å²) in [7, 11) is 0. The summed E-state index contributed by atoms with van der Waals surface area (Å²) in [5, 5.41) is 10.4. The zero-order chi connectivity index (χ0) is 13.6. The number of carbonyl (C=O) groups is 1. The average Bonchev–Trinajstić information content (AvgIpc) is 2.25. The lowest BCUT2D eigenvalue weighted by Crippen LogP contribution is -2.47. The molecule has 0 spiro atoms. The molecule has 1 unspecified atom stereocenters. The van der Waals surface area contributed by atoms with Crippen LogP contribution in [-0.2, 0) is 4.79 Å². The molecule has 4 heteroatoms. The lowest BCUT2D eigenvalue weighted by atomic mass is 9.92. The van der Waals surface area contributed by atoms with Crippen LogP contribution in [0.15, 0.2) is 0 Å². The number of nitrogens with one attached hydrogen (secondary N) is 2. The maximum Gasteiger partial charge on any atom is 0.223 e. The summed E-state index contributed by atoms with van der Waals surface area (Å²) in [4.78, 5) is 12.0. The quantitative estimate of drug-likeness (QED) is 0.471. The lowest BCUT2D eigenvalue weighted by Gasteiger charge is -2.23. The number of carbonyl (C=O) groups excluding carboxylic acids is 1. The second-order valence-electron chi connectivity index (χ2n) is 5.32. The molecule has 1 amide bonds.